The molecule has 25 heavy (non-hydrogen) atoms. The Labute approximate surface area is 158 Å². The molecule has 0 aliphatic carbocycles. The van der Waals surface area contributed by atoms with Crippen LogP contribution in [0.2, 0.25) is 0 Å². The molecule has 0 amide bonds. The highest BCUT2D eigenvalue weighted by Gasteiger charge is 2.13. The quantitative estimate of drug-likeness (QED) is 0.239. The van der Waals surface area contributed by atoms with Crippen LogP contribution in [-0.4, -0.2) is 11.1 Å². The average Bonchev–Trinajstić information content (AvgIpc) is 2.60. The highest BCUT2D eigenvalue weighted by Crippen LogP contribution is 2.17. The van der Waals surface area contributed by atoms with E-state index in [1.54, 1.807) is 0 Å². The summed E-state index contributed by atoms with van der Waals surface area (Å²) in [6.07, 6.45) is 22.0. The first-order valence-corrected chi connectivity index (χ1v) is 11.3. The lowest BCUT2D eigenvalue weighted by molar-refractivity contribution is -0.142. The molecule has 0 rings (SSSR count). The normalized spacial score (nSPS) is 13.7. The monoisotopic (exact) mass is 354 g/mol. The molecule has 0 aliphatic heterocycles. The fraction of sp³-hybridized carbons (Fsp3) is 0.957. The van der Waals surface area contributed by atoms with Gasteiger partial charge in [0.1, 0.15) is 0 Å². The van der Waals surface area contributed by atoms with E-state index in [-0.39, 0.29) is 5.92 Å². The standard InChI is InChI=1S/C23H46O2/c1-4-21(3)19-17-15-13-11-9-7-6-8-10-12-14-16-18-20-22(5-2)23(24)25/h21-22H,4-20H2,1-3H3,(H,24,25). The third kappa shape index (κ3) is 16.7. The molecule has 2 nitrogen and oxygen atoms in total. The molecule has 0 bridgehead atoms. The molecule has 0 radical (unpaired) electrons. The third-order valence-electron chi connectivity index (χ3n) is 5.79. The van der Waals surface area contributed by atoms with Crippen molar-refractivity contribution in [3.63, 3.8) is 0 Å². The molecule has 0 aromatic carbocycles. The molecule has 1 N–H and O–H groups in total. The van der Waals surface area contributed by atoms with Crippen LogP contribution < -0.4 is 0 Å². The number of aliphatic carboxylic acids is 1. The number of unbranched alkanes of at least 4 members (excludes halogenated alkanes) is 12. The van der Waals surface area contributed by atoms with Crippen LogP contribution >= 0.6 is 0 Å². The van der Waals surface area contributed by atoms with Gasteiger partial charge in [-0.2, -0.15) is 0 Å². The fourth-order valence-corrected chi connectivity index (χ4v) is 3.53. The number of hydrogen-bond acceptors (Lipinski definition) is 1. The van der Waals surface area contributed by atoms with E-state index in [0.29, 0.717) is 0 Å². The van der Waals surface area contributed by atoms with Crippen molar-refractivity contribution < 1.29 is 9.90 Å². The lowest BCUT2D eigenvalue weighted by Crippen LogP contribution is -2.12. The predicted octanol–water partition coefficient (Wildman–Crippen LogP) is 7.99. The third-order valence-corrected chi connectivity index (χ3v) is 5.79. The van der Waals surface area contributed by atoms with Gasteiger partial charge in [-0.25, -0.2) is 0 Å². The van der Waals surface area contributed by atoms with Gasteiger partial charge in [-0.05, 0) is 18.8 Å². The van der Waals surface area contributed by atoms with E-state index >= 15 is 0 Å². The Morgan fingerprint density at radius 1 is 0.640 bits per heavy atom. The number of rotatable bonds is 19. The van der Waals surface area contributed by atoms with Gasteiger partial charge in [-0.3, -0.25) is 4.79 Å². The number of carbonyl (C=O) groups is 1. The van der Waals surface area contributed by atoms with Gasteiger partial charge >= 0.3 is 5.97 Å². The molecule has 0 saturated heterocycles. The largest absolute Gasteiger partial charge is 0.481 e. The zero-order valence-corrected chi connectivity index (χ0v) is 17.5. The van der Waals surface area contributed by atoms with E-state index in [1.807, 2.05) is 6.92 Å². The summed E-state index contributed by atoms with van der Waals surface area (Å²) in [5.41, 5.74) is 0. The Morgan fingerprint density at radius 2 is 1.00 bits per heavy atom. The molecule has 0 aromatic rings. The molecule has 0 spiro atoms. The minimum atomic E-state index is -0.613. The molecule has 0 heterocycles. The smallest absolute Gasteiger partial charge is 0.306 e. The van der Waals surface area contributed by atoms with Gasteiger partial charge in [0.2, 0.25) is 0 Å². The van der Waals surface area contributed by atoms with Gasteiger partial charge in [0.05, 0.1) is 5.92 Å². The minimum Gasteiger partial charge on any atom is -0.481 e. The van der Waals surface area contributed by atoms with Crippen molar-refractivity contribution in [2.75, 3.05) is 0 Å². The van der Waals surface area contributed by atoms with E-state index < -0.39 is 5.97 Å². The van der Waals surface area contributed by atoms with Crippen molar-refractivity contribution in [1.29, 1.82) is 0 Å². The van der Waals surface area contributed by atoms with E-state index in [9.17, 15) is 4.79 Å². The molecule has 0 fully saturated rings. The lowest BCUT2D eigenvalue weighted by Gasteiger charge is -2.09. The van der Waals surface area contributed by atoms with Crippen LogP contribution in [0.15, 0.2) is 0 Å². The van der Waals surface area contributed by atoms with Crippen molar-refractivity contribution >= 4 is 5.97 Å². The second kappa shape index (κ2) is 18.3. The summed E-state index contributed by atoms with van der Waals surface area (Å²) in [6.45, 7) is 6.65. The van der Waals surface area contributed by atoms with Crippen LogP contribution in [0.4, 0.5) is 0 Å². The summed E-state index contributed by atoms with van der Waals surface area (Å²) in [7, 11) is 0. The molecular formula is C23H46O2. The number of carboxylic acid groups (broad SMARTS) is 1. The van der Waals surface area contributed by atoms with E-state index in [4.69, 9.17) is 5.11 Å². The fourth-order valence-electron chi connectivity index (χ4n) is 3.53. The van der Waals surface area contributed by atoms with Crippen molar-refractivity contribution in [2.45, 2.75) is 130 Å². The second-order valence-corrected chi connectivity index (χ2v) is 8.13. The van der Waals surface area contributed by atoms with Crippen molar-refractivity contribution in [1.82, 2.24) is 0 Å². The Balaban J connectivity index is 3.15. The molecule has 0 saturated carbocycles. The minimum absolute atomic E-state index is 0.116. The Kier molecular flexibility index (Phi) is 17.9. The van der Waals surface area contributed by atoms with Gasteiger partial charge in [0.25, 0.3) is 0 Å². The summed E-state index contributed by atoms with van der Waals surface area (Å²) < 4.78 is 0. The zero-order chi connectivity index (χ0) is 18.8. The lowest BCUT2D eigenvalue weighted by atomic mass is 9.98. The van der Waals surface area contributed by atoms with Gasteiger partial charge in [-0.15, -0.1) is 0 Å². The molecule has 0 aliphatic rings. The van der Waals surface area contributed by atoms with Gasteiger partial charge < -0.3 is 5.11 Å². The summed E-state index contributed by atoms with van der Waals surface area (Å²) in [5, 5.41) is 9.01. The van der Waals surface area contributed by atoms with Crippen molar-refractivity contribution in [3.05, 3.63) is 0 Å². The molecule has 2 unspecified atom stereocenters. The van der Waals surface area contributed by atoms with Crippen LogP contribution in [0.5, 0.6) is 0 Å². The molecule has 0 aromatic heterocycles. The highest BCUT2D eigenvalue weighted by atomic mass is 16.4. The Bertz CT molecular complexity index is 288. The van der Waals surface area contributed by atoms with Crippen LogP contribution in [0.25, 0.3) is 0 Å². The SMILES string of the molecule is CCC(C)CCCCCCCCCCCCCCCC(CC)C(=O)O. The first-order chi connectivity index (χ1) is 12.1. The van der Waals surface area contributed by atoms with Crippen LogP contribution in [0, 0.1) is 11.8 Å². The average molecular weight is 355 g/mol. The maximum absolute atomic E-state index is 10.9. The van der Waals surface area contributed by atoms with E-state index in [1.165, 1.54) is 89.9 Å². The predicted molar refractivity (Wildman–Crippen MR) is 110 cm³/mol. The second-order valence-electron chi connectivity index (χ2n) is 8.13. The maximum Gasteiger partial charge on any atom is 0.306 e. The maximum atomic E-state index is 10.9. The molecule has 150 valence electrons. The van der Waals surface area contributed by atoms with Gasteiger partial charge in [0.15, 0.2) is 0 Å². The Morgan fingerprint density at radius 3 is 1.32 bits per heavy atom. The van der Waals surface area contributed by atoms with Gasteiger partial charge in [-0.1, -0.05) is 117 Å². The van der Waals surface area contributed by atoms with Crippen LogP contribution in [-0.2, 0) is 4.79 Å². The highest BCUT2D eigenvalue weighted by molar-refractivity contribution is 5.69. The first kappa shape index (κ1) is 24.5. The summed E-state index contributed by atoms with van der Waals surface area (Å²) >= 11 is 0. The summed E-state index contributed by atoms with van der Waals surface area (Å²) in [4.78, 5) is 10.9. The Hall–Kier alpha value is -0.530. The van der Waals surface area contributed by atoms with Gasteiger partial charge in [0, 0.05) is 0 Å². The van der Waals surface area contributed by atoms with Crippen molar-refractivity contribution in [2.24, 2.45) is 11.8 Å². The molecular weight excluding hydrogens is 308 g/mol. The zero-order valence-electron chi connectivity index (χ0n) is 17.5. The topological polar surface area (TPSA) is 37.3 Å². The van der Waals surface area contributed by atoms with Crippen molar-refractivity contribution in [3.8, 4) is 0 Å². The first-order valence-electron chi connectivity index (χ1n) is 11.3. The van der Waals surface area contributed by atoms with E-state index in [2.05, 4.69) is 13.8 Å². The summed E-state index contributed by atoms with van der Waals surface area (Å²) in [5.74, 6) is 0.193. The van der Waals surface area contributed by atoms with Crippen LogP contribution in [0.3, 0.4) is 0 Å². The molecule has 2 heteroatoms. The van der Waals surface area contributed by atoms with Crippen LogP contribution in [0.1, 0.15) is 130 Å². The van der Waals surface area contributed by atoms with E-state index in [0.717, 1.165) is 25.2 Å². The summed E-state index contributed by atoms with van der Waals surface area (Å²) in [6, 6.07) is 0. The molecule has 2 atom stereocenters. The number of hydrogen-bond donors (Lipinski definition) is 1. The number of carboxylic acids is 1.